The van der Waals surface area contributed by atoms with Crippen molar-refractivity contribution in [3.05, 3.63) is 369 Å². The van der Waals surface area contributed by atoms with E-state index in [9.17, 15) is 10.5 Å². The van der Waals surface area contributed by atoms with Gasteiger partial charge in [-0.15, -0.1) is 0 Å². The molecular formula is C96H95N3. The average molecular weight is 1290 g/mol. The zero-order valence-corrected chi connectivity index (χ0v) is 60.4. The minimum absolute atomic E-state index is 0.204. The van der Waals surface area contributed by atoms with E-state index in [0.717, 1.165) is 55.6 Å². The molecule has 2 aliphatic rings. The molecule has 0 saturated carbocycles. The Kier molecular flexibility index (Phi) is 24.8. The largest absolute Gasteiger partial charge is 0.192 e. The lowest BCUT2D eigenvalue weighted by atomic mass is 9.70. The normalized spacial score (nSPS) is 11.5. The average Bonchev–Trinajstić information content (AvgIpc) is 1.51. The predicted molar refractivity (Wildman–Crippen MR) is 419 cm³/mol. The summed E-state index contributed by atoms with van der Waals surface area (Å²) in [4.78, 5) is 0. The van der Waals surface area contributed by atoms with Crippen molar-refractivity contribution in [3.8, 4) is 73.8 Å². The van der Waals surface area contributed by atoms with Crippen LogP contribution in [0.1, 0.15) is 202 Å². The van der Waals surface area contributed by atoms with Crippen molar-refractivity contribution in [2.45, 2.75) is 138 Å². The van der Waals surface area contributed by atoms with Gasteiger partial charge >= 0.3 is 0 Å². The van der Waals surface area contributed by atoms with Gasteiger partial charge in [-0.1, -0.05) is 350 Å². The second-order valence-corrected chi connectivity index (χ2v) is 27.7. The summed E-state index contributed by atoms with van der Waals surface area (Å²) in [5.74, 6) is 3.12. The fraction of sp³-hybridized carbons (Fsp3) is 0.219. The second kappa shape index (κ2) is 33.9. The number of hydrogen-bond acceptors (Lipinski definition) is 3. The third kappa shape index (κ3) is 16.6. The molecule has 3 nitrogen and oxygen atoms in total. The van der Waals surface area contributed by atoms with Crippen LogP contribution in [0.4, 0.5) is 0 Å². The van der Waals surface area contributed by atoms with Crippen LogP contribution in [0.15, 0.2) is 285 Å². The van der Waals surface area contributed by atoms with Crippen molar-refractivity contribution in [1.82, 2.24) is 0 Å². The molecule has 0 aliphatic heterocycles. The summed E-state index contributed by atoms with van der Waals surface area (Å²) in [5.41, 5.74) is 30.4. The van der Waals surface area contributed by atoms with Gasteiger partial charge in [-0.25, -0.2) is 0 Å². The van der Waals surface area contributed by atoms with Gasteiger partial charge in [0.1, 0.15) is 12.1 Å². The molecule has 12 aromatic carbocycles. The Hall–Kier alpha value is -10.9. The van der Waals surface area contributed by atoms with Gasteiger partial charge in [-0.2, -0.15) is 15.8 Å². The third-order valence-electron chi connectivity index (χ3n) is 18.9. The Balaban J connectivity index is 0.000000146. The Morgan fingerprint density at radius 3 is 1.08 bits per heavy atom. The van der Waals surface area contributed by atoms with Gasteiger partial charge in [0.2, 0.25) is 0 Å². The van der Waals surface area contributed by atoms with Crippen LogP contribution in [0.25, 0.3) is 55.6 Å². The number of rotatable bonds is 9. The molecule has 0 unspecified atom stereocenters. The quantitative estimate of drug-likeness (QED) is 0.145. The van der Waals surface area contributed by atoms with Crippen molar-refractivity contribution in [2.24, 2.45) is 0 Å². The molecule has 1 spiro atoms. The second-order valence-electron chi connectivity index (χ2n) is 27.7. The summed E-state index contributed by atoms with van der Waals surface area (Å²) in [6.07, 6.45) is 0. The summed E-state index contributed by atoms with van der Waals surface area (Å²) in [5, 5.41) is 27.7. The van der Waals surface area contributed by atoms with Crippen molar-refractivity contribution >= 4 is 0 Å². The Bertz CT molecular complexity index is 4670. The van der Waals surface area contributed by atoms with E-state index in [-0.39, 0.29) is 5.41 Å². The SMILES string of the molecule is CC(C)c1cc(-c2ccccc2)c(C#N)c(-c2ccccc2)c1.CC(C)c1ccc(C#N)cc1.CC(C)c1cccc(-c2ccccc2)c1C#N.CC(C)c1cccc2c1-c1ccccc1C21c2ccccc2-c2ccccc21.Cc1cccc(C(C)C)c1.Cc1ccccc1C(C)C. The lowest BCUT2D eigenvalue weighted by Gasteiger charge is -2.30. The molecule has 2 aliphatic carbocycles. The van der Waals surface area contributed by atoms with Crippen molar-refractivity contribution in [3.63, 3.8) is 0 Å². The van der Waals surface area contributed by atoms with E-state index < -0.39 is 0 Å². The van der Waals surface area contributed by atoms with Gasteiger partial charge in [0, 0.05) is 11.1 Å². The molecule has 0 saturated heterocycles. The highest BCUT2D eigenvalue weighted by atomic mass is 14.5. The summed E-state index contributed by atoms with van der Waals surface area (Å²) in [6, 6.07) is 107. The first kappa shape index (κ1) is 72.4. The highest BCUT2D eigenvalue weighted by Gasteiger charge is 2.52. The molecule has 3 heteroatoms. The van der Waals surface area contributed by atoms with Gasteiger partial charge in [-0.05, 0) is 179 Å². The Labute approximate surface area is 592 Å². The molecule has 0 bridgehead atoms. The maximum Gasteiger partial charge on any atom is 0.100 e. The fourth-order valence-corrected chi connectivity index (χ4v) is 13.7. The summed E-state index contributed by atoms with van der Waals surface area (Å²) in [7, 11) is 0. The van der Waals surface area contributed by atoms with E-state index in [0.29, 0.717) is 35.5 Å². The van der Waals surface area contributed by atoms with Crippen LogP contribution in [0.3, 0.4) is 0 Å². The van der Waals surface area contributed by atoms with Crippen LogP contribution < -0.4 is 0 Å². The number of fused-ring (bicyclic) bond motifs is 10. The minimum atomic E-state index is -0.204. The van der Waals surface area contributed by atoms with E-state index in [4.69, 9.17) is 5.26 Å². The van der Waals surface area contributed by atoms with Crippen molar-refractivity contribution < 1.29 is 0 Å². The summed E-state index contributed by atoms with van der Waals surface area (Å²) in [6.45, 7) is 30.7. The van der Waals surface area contributed by atoms with Crippen LogP contribution in [-0.4, -0.2) is 0 Å². The van der Waals surface area contributed by atoms with E-state index >= 15 is 0 Å². The van der Waals surface area contributed by atoms with E-state index in [2.05, 4.69) is 291 Å². The first-order valence-electron chi connectivity index (χ1n) is 35.2. The highest BCUT2D eigenvalue weighted by molar-refractivity contribution is 5.96. The molecule has 99 heavy (non-hydrogen) atoms. The zero-order chi connectivity index (χ0) is 70.8. The van der Waals surface area contributed by atoms with Crippen LogP contribution in [0, 0.1) is 47.8 Å². The van der Waals surface area contributed by atoms with Crippen molar-refractivity contribution in [2.75, 3.05) is 0 Å². The fourth-order valence-electron chi connectivity index (χ4n) is 13.7. The topological polar surface area (TPSA) is 71.4 Å². The van der Waals surface area contributed by atoms with Crippen LogP contribution in [0.2, 0.25) is 0 Å². The minimum Gasteiger partial charge on any atom is -0.192 e. The Morgan fingerprint density at radius 2 is 0.646 bits per heavy atom. The molecular weight excluding hydrogens is 1200 g/mol. The van der Waals surface area contributed by atoms with Crippen molar-refractivity contribution in [1.29, 1.82) is 15.8 Å². The molecule has 0 atom stereocenters. The lowest BCUT2D eigenvalue weighted by molar-refractivity contribution is 0.789. The van der Waals surface area contributed by atoms with Gasteiger partial charge in [0.05, 0.1) is 28.2 Å². The van der Waals surface area contributed by atoms with Crippen LogP contribution >= 0.6 is 0 Å². The predicted octanol–water partition coefficient (Wildman–Crippen LogP) is 26.4. The molecule has 494 valence electrons. The Morgan fingerprint density at radius 1 is 0.263 bits per heavy atom. The standard InChI is InChI=1S/C28H22.C22H19N.C16H15N.C10H11N.2C10H14/c1-18(2)19-13-9-17-26-27(19)22-12-5-8-16-25(22)28(26)23-14-6-3-10-20(23)21-11-4-7-15-24(21)28;1-16(2)19-13-20(17-9-5-3-6-10-17)22(15-23)21(14-19)18-11-7-4-8-12-18;1-12(2)14-9-6-10-15(16(14)11-17)13-7-4-3-5-8-13;1-8(2)10-5-3-9(7-11)4-6-10;1-8(2)10-6-4-5-9(3)7-10;1-8(2)10-7-5-4-6-9(10)3/h3-18H,1-2H3;3-14,16H,1-2H3;3-10,12H,1-2H3;3-6,8H,1-2H3;2*4-8H,1-3H3. The number of benzene rings is 12. The molecule has 0 N–H and O–H groups in total. The summed E-state index contributed by atoms with van der Waals surface area (Å²) < 4.78 is 0. The van der Waals surface area contributed by atoms with Gasteiger partial charge < -0.3 is 0 Å². The highest BCUT2D eigenvalue weighted by Crippen LogP contribution is 2.63. The maximum absolute atomic E-state index is 9.80. The summed E-state index contributed by atoms with van der Waals surface area (Å²) >= 11 is 0. The smallest absolute Gasteiger partial charge is 0.100 e. The molecule has 0 fully saturated rings. The van der Waals surface area contributed by atoms with Crippen LogP contribution in [-0.2, 0) is 5.41 Å². The molecule has 0 radical (unpaired) electrons. The van der Waals surface area contributed by atoms with E-state index in [1.807, 2.05) is 109 Å². The zero-order valence-electron chi connectivity index (χ0n) is 60.4. The van der Waals surface area contributed by atoms with Gasteiger partial charge in [-0.3, -0.25) is 0 Å². The van der Waals surface area contributed by atoms with E-state index in [1.165, 1.54) is 83.5 Å². The third-order valence-corrected chi connectivity index (χ3v) is 18.9. The molecule has 0 aromatic heterocycles. The van der Waals surface area contributed by atoms with Gasteiger partial charge in [0.25, 0.3) is 0 Å². The molecule has 14 rings (SSSR count). The van der Waals surface area contributed by atoms with Crippen LogP contribution in [0.5, 0.6) is 0 Å². The first-order valence-corrected chi connectivity index (χ1v) is 35.2. The number of nitrogens with zero attached hydrogens (tertiary/aromatic N) is 3. The number of hydrogen-bond donors (Lipinski definition) is 0. The van der Waals surface area contributed by atoms with E-state index in [1.54, 1.807) is 0 Å². The molecule has 0 heterocycles. The molecule has 0 amide bonds. The molecule has 12 aromatic rings. The van der Waals surface area contributed by atoms with Gasteiger partial charge in [0.15, 0.2) is 0 Å². The number of nitriles is 3. The maximum atomic E-state index is 9.80. The lowest BCUT2D eigenvalue weighted by Crippen LogP contribution is -2.25. The number of aryl methyl sites for hydroxylation is 2. The monoisotopic (exact) mass is 1290 g/mol. The first-order chi connectivity index (χ1) is 47.8.